The summed E-state index contributed by atoms with van der Waals surface area (Å²) in [6, 6.07) is 10.0. The molecule has 1 atom stereocenters. The second-order valence-electron chi connectivity index (χ2n) is 8.32. The van der Waals surface area contributed by atoms with Gasteiger partial charge >= 0.3 is 6.18 Å². The minimum atomic E-state index is -4.57. The summed E-state index contributed by atoms with van der Waals surface area (Å²) >= 11 is 1.48. The summed E-state index contributed by atoms with van der Waals surface area (Å²) in [5.41, 5.74) is 1.29. The average molecular weight is 491 g/mol. The molecule has 2 heterocycles. The van der Waals surface area contributed by atoms with Crippen LogP contribution in [0, 0.1) is 0 Å². The van der Waals surface area contributed by atoms with Gasteiger partial charge in [0.15, 0.2) is 5.69 Å². The van der Waals surface area contributed by atoms with Crippen LogP contribution in [-0.4, -0.2) is 34.7 Å². The van der Waals surface area contributed by atoms with Crippen molar-refractivity contribution in [1.82, 2.24) is 15.1 Å². The summed E-state index contributed by atoms with van der Waals surface area (Å²) in [6.45, 7) is -0.374. The van der Waals surface area contributed by atoms with E-state index in [9.17, 15) is 22.8 Å². The Labute approximate surface area is 199 Å². The number of rotatable bonds is 7. The van der Waals surface area contributed by atoms with E-state index < -0.39 is 23.8 Å². The zero-order chi connectivity index (χ0) is 24.3. The van der Waals surface area contributed by atoms with Crippen LogP contribution in [0.1, 0.15) is 35.4 Å². The Balaban J connectivity index is 1.54. The van der Waals surface area contributed by atoms with Gasteiger partial charge in [-0.05, 0) is 60.2 Å². The van der Waals surface area contributed by atoms with Gasteiger partial charge in [-0.25, -0.2) is 0 Å². The van der Waals surface area contributed by atoms with E-state index in [0.29, 0.717) is 30.6 Å². The highest BCUT2D eigenvalue weighted by atomic mass is 32.1. The van der Waals surface area contributed by atoms with Gasteiger partial charge in [0.25, 0.3) is 0 Å². The first kappa shape index (κ1) is 24.0. The van der Waals surface area contributed by atoms with Crippen LogP contribution in [0.15, 0.2) is 47.2 Å². The van der Waals surface area contributed by atoms with E-state index in [1.165, 1.54) is 16.2 Å². The van der Waals surface area contributed by atoms with Gasteiger partial charge in [0.05, 0.1) is 0 Å². The summed E-state index contributed by atoms with van der Waals surface area (Å²) in [5, 5.41) is 10.3. The molecule has 34 heavy (non-hydrogen) atoms. The molecule has 0 aliphatic heterocycles. The van der Waals surface area contributed by atoms with Gasteiger partial charge < -0.3 is 10.2 Å². The number of hydrogen-bond acceptors (Lipinski definition) is 4. The van der Waals surface area contributed by atoms with Crippen molar-refractivity contribution in [3.63, 3.8) is 0 Å². The monoisotopic (exact) mass is 490 g/mol. The topological polar surface area (TPSA) is 67.2 Å². The van der Waals surface area contributed by atoms with Crippen LogP contribution in [0.3, 0.4) is 0 Å². The Kier molecular flexibility index (Phi) is 7.06. The number of aromatic nitrogens is 2. The third-order valence-corrected chi connectivity index (χ3v) is 6.68. The normalized spacial score (nSPS) is 14.4. The molecule has 0 bridgehead atoms. The highest BCUT2D eigenvalue weighted by Gasteiger charge is 2.39. The lowest BCUT2D eigenvalue weighted by Gasteiger charge is -2.25. The summed E-state index contributed by atoms with van der Waals surface area (Å²) in [6.07, 6.45) is -2.14. The van der Waals surface area contributed by atoms with Gasteiger partial charge in [-0.15, -0.1) is 0 Å². The molecule has 0 spiro atoms. The average Bonchev–Trinajstić information content (AvgIpc) is 3.46. The molecular formula is C24H25F3N4O2S. The SMILES string of the molecule is CN(C(=O)[C@H](Cc1ccsc1)NC(=O)Cn1nc(C(F)(F)F)c2c1CCCC2)c1ccccc1. The van der Waals surface area contributed by atoms with E-state index in [4.69, 9.17) is 0 Å². The molecule has 0 unspecified atom stereocenters. The molecule has 0 saturated heterocycles. The van der Waals surface area contributed by atoms with Gasteiger partial charge in [0, 0.05) is 30.4 Å². The van der Waals surface area contributed by atoms with Crippen molar-refractivity contribution in [3.8, 4) is 0 Å². The molecule has 1 aliphatic carbocycles. The third kappa shape index (κ3) is 5.32. The molecular weight excluding hydrogens is 465 g/mol. The maximum absolute atomic E-state index is 13.5. The van der Waals surface area contributed by atoms with Gasteiger partial charge in [-0.3, -0.25) is 14.3 Å². The summed E-state index contributed by atoms with van der Waals surface area (Å²) in [5.74, 6) is -0.871. The number of thiophene rings is 1. The number of likely N-dealkylation sites (N-methyl/N-ethyl adjacent to an activating group) is 1. The Morgan fingerprint density at radius 1 is 1.18 bits per heavy atom. The minimum absolute atomic E-state index is 0.182. The molecule has 180 valence electrons. The first-order valence-electron chi connectivity index (χ1n) is 11.0. The second kappa shape index (κ2) is 10.0. The first-order chi connectivity index (χ1) is 16.2. The van der Waals surface area contributed by atoms with E-state index in [1.54, 1.807) is 19.2 Å². The highest BCUT2D eigenvalue weighted by molar-refractivity contribution is 7.07. The number of carbonyl (C=O) groups is 2. The maximum atomic E-state index is 13.5. The predicted octanol–water partition coefficient (Wildman–Crippen LogP) is 4.23. The number of halogens is 3. The van der Waals surface area contributed by atoms with Crippen LogP contribution in [0.4, 0.5) is 18.9 Å². The summed E-state index contributed by atoms with van der Waals surface area (Å²) in [7, 11) is 1.63. The fourth-order valence-corrected chi connectivity index (χ4v) is 4.94. The smallest absolute Gasteiger partial charge is 0.342 e. The van der Waals surface area contributed by atoms with Crippen LogP contribution in [0.25, 0.3) is 0 Å². The van der Waals surface area contributed by atoms with E-state index >= 15 is 0 Å². The number of fused-ring (bicyclic) bond motifs is 1. The summed E-state index contributed by atoms with van der Waals surface area (Å²) in [4.78, 5) is 27.7. The molecule has 0 saturated carbocycles. The fourth-order valence-electron chi connectivity index (χ4n) is 4.26. The maximum Gasteiger partial charge on any atom is 0.435 e. The van der Waals surface area contributed by atoms with Crippen molar-refractivity contribution < 1.29 is 22.8 Å². The van der Waals surface area contributed by atoms with Gasteiger partial charge in [0.2, 0.25) is 11.8 Å². The van der Waals surface area contributed by atoms with Gasteiger partial charge in [0.1, 0.15) is 12.6 Å². The molecule has 3 aromatic rings. The number of para-hydroxylation sites is 1. The van der Waals surface area contributed by atoms with Gasteiger partial charge in [-0.2, -0.15) is 29.6 Å². The van der Waals surface area contributed by atoms with Crippen LogP contribution >= 0.6 is 11.3 Å². The molecule has 10 heteroatoms. The Morgan fingerprint density at radius 2 is 1.91 bits per heavy atom. The number of hydrogen-bond donors (Lipinski definition) is 1. The lowest BCUT2D eigenvalue weighted by atomic mass is 9.95. The van der Waals surface area contributed by atoms with E-state index in [-0.39, 0.29) is 24.4 Å². The van der Waals surface area contributed by atoms with Crippen LogP contribution in [-0.2, 0) is 41.6 Å². The van der Waals surface area contributed by atoms with Crippen LogP contribution in [0.5, 0.6) is 0 Å². The molecule has 1 aromatic carbocycles. The number of nitrogens with one attached hydrogen (secondary N) is 1. The Bertz CT molecular complexity index is 1140. The zero-order valence-corrected chi connectivity index (χ0v) is 19.5. The number of anilines is 1. The number of nitrogens with zero attached hydrogens (tertiary/aromatic N) is 3. The minimum Gasteiger partial charge on any atom is -0.342 e. The standard InChI is InChI=1S/C24H25F3N4O2S/c1-30(17-7-3-2-4-8-17)23(33)19(13-16-11-12-34-15-16)28-21(32)14-31-20-10-6-5-9-18(20)22(29-31)24(25,26)27/h2-4,7-8,11-12,15,19H,5-6,9-10,13-14H2,1H3,(H,28,32)/t19-/m0/s1. The molecule has 2 amide bonds. The lowest BCUT2D eigenvalue weighted by molar-refractivity contribution is -0.142. The molecule has 1 N–H and O–H groups in total. The van der Waals surface area contributed by atoms with Crippen molar-refractivity contribution in [2.75, 3.05) is 11.9 Å². The van der Waals surface area contributed by atoms with Crippen LogP contribution < -0.4 is 10.2 Å². The lowest BCUT2D eigenvalue weighted by Crippen LogP contribution is -2.49. The Hall–Kier alpha value is -3.14. The van der Waals surface area contributed by atoms with E-state index in [0.717, 1.165) is 16.7 Å². The van der Waals surface area contributed by atoms with Crippen molar-refractivity contribution >= 4 is 28.8 Å². The summed E-state index contributed by atoms with van der Waals surface area (Å²) < 4.78 is 41.6. The third-order valence-electron chi connectivity index (χ3n) is 5.95. The molecule has 1 aliphatic rings. The van der Waals surface area contributed by atoms with E-state index in [2.05, 4.69) is 10.4 Å². The Morgan fingerprint density at radius 3 is 2.59 bits per heavy atom. The highest BCUT2D eigenvalue weighted by Crippen LogP contribution is 2.35. The molecule has 0 radical (unpaired) electrons. The number of benzene rings is 1. The molecule has 4 rings (SSSR count). The number of amides is 2. The zero-order valence-electron chi connectivity index (χ0n) is 18.6. The van der Waals surface area contributed by atoms with Crippen molar-refractivity contribution in [2.45, 2.75) is 50.9 Å². The van der Waals surface area contributed by atoms with Crippen molar-refractivity contribution in [3.05, 3.63) is 69.7 Å². The quantitative estimate of drug-likeness (QED) is 0.539. The number of carbonyl (C=O) groups excluding carboxylic acids is 2. The molecule has 0 fully saturated rings. The second-order valence-corrected chi connectivity index (χ2v) is 9.11. The largest absolute Gasteiger partial charge is 0.435 e. The van der Waals surface area contributed by atoms with Crippen LogP contribution in [0.2, 0.25) is 0 Å². The van der Waals surface area contributed by atoms with Crippen molar-refractivity contribution in [1.29, 1.82) is 0 Å². The van der Waals surface area contributed by atoms with Gasteiger partial charge in [-0.1, -0.05) is 18.2 Å². The van der Waals surface area contributed by atoms with Crippen molar-refractivity contribution in [2.24, 2.45) is 0 Å². The fraction of sp³-hybridized carbons (Fsp3) is 0.375. The predicted molar refractivity (Wildman–Crippen MR) is 124 cm³/mol. The molecule has 2 aromatic heterocycles. The first-order valence-corrected chi connectivity index (χ1v) is 12.0. The van der Waals surface area contributed by atoms with E-state index in [1.807, 2.05) is 35.0 Å². The molecule has 6 nitrogen and oxygen atoms in total. The number of alkyl halides is 3.